The summed E-state index contributed by atoms with van der Waals surface area (Å²) >= 11 is 0. The average molecular weight is 442 g/mol. The van der Waals surface area contributed by atoms with Crippen LogP contribution in [0, 0.1) is 6.92 Å². The second kappa shape index (κ2) is 10.1. The first-order valence-electron chi connectivity index (χ1n) is 11.6. The van der Waals surface area contributed by atoms with E-state index in [-0.39, 0.29) is 6.04 Å². The van der Waals surface area contributed by atoms with Crippen LogP contribution in [0.3, 0.4) is 0 Å². The molecule has 0 aliphatic carbocycles. The number of nitrogens with zero attached hydrogens (tertiary/aromatic N) is 3. The molecule has 1 atom stereocenters. The molecule has 5 rings (SSSR count). The summed E-state index contributed by atoms with van der Waals surface area (Å²) in [5.74, 6) is 0. The van der Waals surface area contributed by atoms with Crippen LogP contribution in [0.15, 0.2) is 125 Å². The fraction of sp³-hybridized carbons (Fsp3) is 0.0968. The van der Waals surface area contributed by atoms with Crippen LogP contribution in [0.25, 0.3) is 6.08 Å². The Bertz CT molecular complexity index is 1300. The molecule has 1 aliphatic rings. The lowest BCUT2D eigenvalue weighted by molar-refractivity contribution is 0.709. The molecule has 0 fully saturated rings. The molecule has 1 unspecified atom stereocenters. The van der Waals surface area contributed by atoms with Gasteiger partial charge in [0, 0.05) is 12.6 Å². The lowest BCUT2D eigenvalue weighted by Gasteiger charge is -2.24. The zero-order valence-electron chi connectivity index (χ0n) is 19.3. The van der Waals surface area contributed by atoms with Crippen molar-refractivity contribution in [2.45, 2.75) is 19.4 Å². The van der Waals surface area contributed by atoms with Gasteiger partial charge in [-0.25, -0.2) is 0 Å². The number of benzene rings is 4. The van der Waals surface area contributed by atoms with E-state index in [1.54, 1.807) is 0 Å². The molecule has 166 valence electrons. The monoisotopic (exact) mass is 441 g/mol. The van der Waals surface area contributed by atoms with Crippen molar-refractivity contribution in [3.63, 3.8) is 0 Å². The summed E-state index contributed by atoms with van der Waals surface area (Å²) in [4.78, 5) is 4.60. The largest absolute Gasteiger partial charge is 0.257 e. The van der Waals surface area contributed by atoms with E-state index in [0.717, 1.165) is 29.1 Å². The van der Waals surface area contributed by atoms with Gasteiger partial charge in [0.15, 0.2) is 0 Å². The highest BCUT2D eigenvalue weighted by Crippen LogP contribution is 2.35. The van der Waals surface area contributed by atoms with Gasteiger partial charge < -0.3 is 0 Å². The fourth-order valence-electron chi connectivity index (χ4n) is 4.06. The van der Waals surface area contributed by atoms with Crippen molar-refractivity contribution in [3.05, 3.63) is 138 Å². The molecule has 0 amide bonds. The first-order chi connectivity index (χ1) is 16.7. The molecular formula is C31H27N3. The van der Waals surface area contributed by atoms with Gasteiger partial charge in [0.2, 0.25) is 0 Å². The molecule has 0 saturated carbocycles. The summed E-state index contributed by atoms with van der Waals surface area (Å²) in [7, 11) is 0. The van der Waals surface area contributed by atoms with Gasteiger partial charge in [-0.2, -0.15) is 5.10 Å². The van der Waals surface area contributed by atoms with Crippen LogP contribution in [0.4, 0.5) is 11.4 Å². The second-order valence-electron chi connectivity index (χ2n) is 8.50. The van der Waals surface area contributed by atoms with E-state index >= 15 is 0 Å². The highest BCUT2D eigenvalue weighted by molar-refractivity contribution is 6.01. The summed E-state index contributed by atoms with van der Waals surface area (Å²) in [5, 5.41) is 7.13. The van der Waals surface area contributed by atoms with E-state index < -0.39 is 0 Å². The van der Waals surface area contributed by atoms with Crippen LogP contribution >= 0.6 is 0 Å². The molecule has 0 bridgehead atoms. The third kappa shape index (κ3) is 5.21. The van der Waals surface area contributed by atoms with Crippen LogP contribution in [0.5, 0.6) is 0 Å². The minimum atomic E-state index is 0.170. The van der Waals surface area contributed by atoms with Gasteiger partial charge in [0.05, 0.1) is 23.1 Å². The molecule has 3 heteroatoms. The number of hydrogen-bond acceptors (Lipinski definition) is 3. The quantitative estimate of drug-likeness (QED) is 0.281. The Morgan fingerprint density at radius 2 is 1.41 bits per heavy atom. The van der Waals surface area contributed by atoms with E-state index in [2.05, 4.69) is 120 Å². The Morgan fingerprint density at radius 3 is 2.12 bits per heavy atom. The SMILES string of the molecule is Cc1ccc(N=Cc2ccc(N3N=C(/C=C/c4ccccc4)CC3c3ccccc3)cc2)cc1. The number of hydrazone groups is 1. The first-order valence-corrected chi connectivity index (χ1v) is 11.6. The van der Waals surface area contributed by atoms with Gasteiger partial charge in [-0.05, 0) is 54.0 Å². The van der Waals surface area contributed by atoms with Gasteiger partial charge in [-0.1, -0.05) is 96.6 Å². The van der Waals surface area contributed by atoms with Gasteiger partial charge in [-0.3, -0.25) is 10.0 Å². The minimum absolute atomic E-state index is 0.170. The predicted octanol–water partition coefficient (Wildman–Crippen LogP) is 7.77. The number of aliphatic imine (C=N–C) groups is 1. The van der Waals surface area contributed by atoms with Crippen molar-refractivity contribution in [1.29, 1.82) is 0 Å². The van der Waals surface area contributed by atoms with Gasteiger partial charge in [0.25, 0.3) is 0 Å². The summed E-state index contributed by atoms with van der Waals surface area (Å²) in [6, 6.07) is 37.8. The van der Waals surface area contributed by atoms with Crippen LogP contribution in [-0.2, 0) is 0 Å². The van der Waals surface area contributed by atoms with Crippen molar-refractivity contribution in [3.8, 4) is 0 Å². The Morgan fingerprint density at radius 1 is 0.735 bits per heavy atom. The van der Waals surface area contributed by atoms with E-state index in [1.807, 2.05) is 24.4 Å². The molecule has 1 aliphatic heterocycles. The highest BCUT2D eigenvalue weighted by atomic mass is 15.5. The topological polar surface area (TPSA) is 28.0 Å². The van der Waals surface area contributed by atoms with Crippen LogP contribution in [0.1, 0.15) is 34.7 Å². The minimum Gasteiger partial charge on any atom is -0.257 e. The molecule has 0 aromatic heterocycles. The molecular weight excluding hydrogens is 414 g/mol. The smallest absolute Gasteiger partial charge is 0.0831 e. The summed E-state index contributed by atoms with van der Waals surface area (Å²) in [5.41, 5.74) is 7.84. The van der Waals surface area contributed by atoms with Gasteiger partial charge >= 0.3 is 0 Å². The van der Waals surface area contributed by atoms with Crippen molar-refractivity contribution in [2.75, 3.05) is 5.01 Å². The number of allylic oxidation sites excluding steroid dienone is 1. The molecule has 34 heavy (non-hydrogen) atoms. The van der Waals surface area contributed by atoms with E-state index in [9.17, 15) is 0 Å². The summed E-state index contributed by atoms with van der Waals surface area (Å²) in [6.07, 6.45) is 7.04. The van der Waals surface area contributed by atoms with Gasteiger partial charge in [0.1, 0.15) is 0 Å². The third-order valence-corrected chi connectivity index (χ3v) is 5.94. The molecule has 0 radical (unpaired) electrons. The zero-order valence-corrected chi connectivity index (χ0v) is 19.3. The standard InChI is InChI=1S/C31H27N3/c1-24-12-17-28(18-13-24)32-23-26-15-20-30(21-16-26)34-31(27-10-6-3-7-11-27)22-29(33-34)19-14-25-8-4-2-5-9-25/h2-21,23,31H,22H2,1H3/b19-14+,32-23?. The zero-order chi connectivity index (χ0) is 23.2. The average Bonchev–Trinajstić information content (AvgIpc) is 3.33. The number of hydrogen-bond donors (Lipinski definition) is 0. The van der Waals surface area contributed by atoms with Crippen molar-refractivity contribution in [1.82, 2.24) is 0 Å². The molecule has 1 heterocycles. The van der Waals surface area contributed by atoms with Crippen molar-refractivity contribution < 1.29 is 0 Å². The number of anilines is 1. The molecule has 3 nitrogen and oxygen atoms in total. The highest BCUT2D eigenvalue weighted by Gasteiger charge is 2.28. The lowest BCUT2D eigenvalue weighted by Crippen LogP contribution is -2.18. The number of aryl methyl sites for hydroxylation is 1. The van der Waals surface area contributed by atoms with Crippen LogP contribution in [-0.4, -0.2) is 11.9 Å². The predicted molar refractivity (Wildman–Crippen MR) is 144 cm³/mol. The second-order valence-corrected chi connectivity index (χ2v) is 8.50. The lowest BCUT2D eigenvalue weighted by atomic mass is 10.0. The van der Waals surface area contributed by atoms with Crippen molar-refractivity contribution >= 4 is 29.4 Å². The third-order valence-electron chi connectivity index (χ3n) is 5.94. The van der Waals surface area contributed by atoms with Gasteiger partial charge in [-0.15, -0.1) is 0 Å². The molecule has 4 aromatic rings. The van der Waals surface area contributed by atoms with E-state index in [4.69, 9.17) is 5.10 Å². The van der Waals surface area contributed by atoms with Crippen LogP contribution in [0.2, 0.25) is 0 Å². The molecule has 0 saturated heterocycles. The number of rotatable bonds is 6. The molecule has 0 N–H and O–H groups in total. The Hall–Kier alpha value is -4.24. The maximum atomic E-state index is 4.99. The maximum absolute atomic E-state index is 4.99. The first kappa shape index (κ1) is 21.6. The summed E-state index contributed by atoms with van der Waals surface area (Å²) < 4.78 is 0. The van der Waals surface area contributed by atoms with Crippen molar-refractivity contribution in [2.24, 2.45) is 10.1 Å². The molecule has 0 spiro atoms. The Balaban J connectivity index is 1.38. The maximum Gasteiger partial charge on any atom is 0.0831 e. The molecule has 4 aromatic carbocycles. The van der Waals surface area contributed by atoms with E-state index in [0.29, 0.717) is 0 Å². The summed E-state index contributed by atoms with van der Waals surface area (Å²) in [6.45, 7) is 2.08. The Kier molecular flexibility index (Phi) is 6.44. The Labute approximate surface area is 201 Å². The van der Waals surface area contributed by atoms with Crippen LogP contribution < -0.4 is 5.01 Å². The fourth-order valence-corrected chi connectivity index (χ4v) is 4.06. The normalized spacial score (nSPS) is 15.9. The van der Waals surface area contributed by atoms with E-state index in [1.165, 1.54) is 16.7 Å².